The van der Waals surface area contributed by atoms with Crippen molar-refractivity contribution >= 4 is 17.2 Å². The second-order valence-electron chi connectivity index (χ2n) is 4.09. The Morgan fingerprint density at radius 1 is 1.38 bits per heavy atom. The van der Waals surface area contributed by atoms with Gasteiger partial charge in [0, 0.05) is 16.0 Å². The van der Waals surface area contributed by atoms with Gasteiger partial charge in [-0.3, -0.25) is 4.79 Å². The summed E-state index contributed by atoms with van der Waals surface area (Å²) in [7, 11) is 0. The summed E-state index contributed by atoms with van der Waals surface area (Å²) >= 11 is 1.49. The molecule has 0 aliphatic heterocycles. The standard InChI is InChI=1S/C16H12N2O2S/c17-10-12-3-1-4-14(9-12)16(20)18-11-15-13(5-2-7-19)6-8-21-15/h1,3-4,6,8-9,19H,7,11H2,(H,18,20). The Morgan fingerprint density at radius 3 is 3.00 bits per heavy atom. The first kappa shape index (κ1) is 14.8. The molecule has 0 spiro atoms. The number of aliphatic hydroxyl groups is 1. The molecule has 0 saturated carbocycles. The number of rotatable bonds is 3. The van der Waals surface area contributed by atoms with Gasteiger partial charge in [-0.25, -0.2) is 0 Å². The number of nitrogens with zero attached hydrogens (tertiary/aromatic N) is 1. The molecule has 0 saturated heterocycles. The van der Waals surface area contributed by atoms with Gasteiger partial charge in [0.05, 0.1) is 18.2 Å². The molecule has 104 valence electrons. The molecule has 1 aromatic heterocycles. The van der Waals surface area contributed by atoms with Crippen LogP contribution in [-0.4, -0.2) is 17.6 Å². The van der Waals surface area contributed by atoms with E-state index < -0.39 is 0 Å². The van der Waals surface area contributed by atoms with Crippen LogP contribution in [0.25, 0.3) is 0 Å². The SMILES string of the molecule is N#Cc1cccc(C(=O)NCc2sccc2C#CCO)c1. The van der Waals surface area contributed by atoms with E-state index in [-0.39, 0.29) is 12.5 Å². The van der Waals surface area contributed by atoms with Crippen molar-refractivity contribution in [1.29, 1.82) is 5.26 Å². The molecule has 4 nitrogen and oxygen atoms in total. The Bertz CT molecular complexity index is 747. The highest BCUT2D eigenvalue weighted by Gasteiger charge is 2.08. The normalized spacial score (nSPS) is 9.33. The first-order chi connectivity index (χ1) is 10.2. The van der Waals surface area contributed by atoms with Crippen LogP contribution < -0.4 is 5.32 Å². The molecule has 0 aliphatic carbocycles. The lowest BCUT2D eigenvalue weighted by molar-refractivity contribution is 0.0951. The van der Waals surface area contributed by atoms with Crippen molar-refractivity contribution in [3.63, 3.8) is 0 Å². The largest absolute Gasteiger partial charge is 0.384 e. The van der Waals surface area contributed by atoms with Gasteiger partial charge in [-0.05, 0) is 29.6 Å². The zero-order valence-corrected chi connectivity index (χ0v) is 11.9. The minimum Gasteiger partial charge on any atom is -0.384 e. The van der Waals surface area contributed by atoms with Crippen LogP contribution in [0.3, 0.4) is 0 Å². The van der Waals surface area contributed by atoms with E-state index in [0.717, 1.165) is 10.4 Å². The number of nitrogens with one attached hydrogen (secondary N) is 1. The minimum absolute atomic E-state index is 0.192. The van der Waals surface area contributed by atoms with Crippen LogP contribution in [0.4, 0.5) is 0 Å². The Kier molecular flexibility index (Phi) is 5.11. The van der Waals surface area contributed by atoms with Crippen molar-refractivity contribution in [2.45, 2.75) is 6.54 Å². The zero-order valence-electron chi connectivity index (χ0n) is 11.1. The Balaban J connectivity index is 2.04. The molecule has 0 radical (unpaired) electrons. The van der Waals surface area contributed by atoms with E-state index in [4.69, 9.17) is 10.4 Å². The first-order valence-electron chi connectivity index (χ1n) is 6.19. The maximum atomic E-state index is 12.0. The maximum absolute atomic E-state index is 12.0. The summed E-state index contributed by atoms with van der Waals surface area (Å²) in [6.07, 6.45) is 0. The smallest absolute Gasteiger partial charge is 0.251 e. The van der Waals surface area contributed by atoms with Gasteiger partial charge >= 0.3 is 0 Å². The van der Waals surface area contributed by atoms with Crippen LogP contribution in [0.15, 0.2) is 35.7 Å². The molecule has 1 heterocycles. The zero-order chi connectivity index (χ0) is 15.1. The van der Waals surface area contributed by atoms with Crippen LogP contribution >= 0.6 is 11.3 Å². The Morgan fingerprint density at radius 2 is 2.24 bits per heavy atom. The third-order valence-electron chi connectivity index (χ3n) is 2.71. The van der Waals surface area contributed by atoms with Gasteiger partial charge in [-0.1, -0.05) is 17.9 Å². The fourth-order valence-corrected chi connectivity index (χ4v) is 2.49. The molecule has 2 rings (SSSR count). The monoisotopic (exact) mass is 296 g/mol. The van der Waals surface area contributed by atoms with Gasteiger partial charge in [-0.2, -0.15) is 5.26 Å². The fraction of sp³-hybridized carbons (Fsp3) is 0.125. The molecule has 0 fully saturated rings. The van der Waals surface area contributed by atoms with E-state index >= 15 is 0 Å². The van der Waals surface area contributed by atoms with E-state index in [9.17, 15) is 4.79 Å². The van der Waals surface area contributed by atoms with Crippen LogP contribution in [0.5, 0.6) is 0 Å². The summed E-state index contributed by atoms with van der Waals surface area (Å²) in [4.78, 5) is 13.0. The number of hydrogen-bond donors (Lipinski definition) is 2. The van der Waals surface area contributed by atoms with Crippen LogP contribution in [0.1, 0.15) is 26.4 Å². The summed E-state index contributed by atoms with van der Waals surface area (Å²) in [5.41, 5.74) is 1.71. The van der Waals surface area contributed by atoms with Crippen molar-refractivity contribution in [2.75, 3.05) is 6.61 Å². The van der Waals surface area contributed by atoms with Crippen LogP contribution in [0.2, 0.25) is 0 Å². The summed E-state index contributed by atoms with van der Waals surface area (Å²) < 4.78 is 0. The molecular weight excluding hydrogens is 284 g/mol. The topological polar surface area (TPSA) is 73.1 Å². The van der Waals surface area contributed by atoms with E-state index in [1.165, 1.54) is 11.3 Å². The predicted molar refractivity (Wildman–Crippen MR) is 80.6 cm³/mol. The molecule has 0 aliphatic rings. The second-order valence-corrected chi connectivity index (χ2v) is 5.09. The maximum Gasteiger partial charge on any atom is 0.251 e. The van der Waals surface area contributed by atoms with Gasteiger partial charge < -0.3 is 10.4 Å². The average Bonchev–Trinajstić information content (AvgIpc) is 2.98. The lowest BCUT2D eigenvalue weighted by Gasteiger charge is -2.04. The summed E-state index contributed by atoms with van der Waals surface area (Å²) in [6.45, 7) is 0.172. The second kappa shape index (κ2) is 7.25. The highest BCUT2D eigenvalue weighted by molar-refractivity contribution is 7.10. The van der Waals surface area contributed by atoms with Gasteiger partial charge in [0.1, 0.15) is 6.61 Å². The van der Waals surface area contributed by atoms with Crippen molar-refractivity contribution in [2.24, 2.45) is 0 Å². The predicted octanol–water partition coefficient (Wildman–Crippen LogP) is 1.89. The average molecular weight is 296 g/mol. The van der Waals surface area contributed by atoms with Crippen molar-refractivity contribution in [1.82, 2.24) is 5.32 Å². The highest BCUT2D eigenvalue weighted by atomic mass is 32.1. The number of hydrogen-bond acceptors (Lipinski definition) is 4. The van der Waals surface area contributed by atoms with Gasteiger partial charge in [0.2, 0.25) is 0 Å². The number of carbonyl (C=O) groups excluding carboxylic acids is 1. The van der Waals surface area contributed by atoms with Crippen molar-refractivity contribution in [3.8, 4) is 17.9 Å². The van der Waals surface area contributed by atoms with Crippen LogP contribution in [-0.2, 0) is 6.54 Å². The van der Waals surface area contributed by atoms with E-state index in [1.54, 1.807) is 24.3 Å². The third kappa shape index (κ3) is 3.93. The summed E-state index contributed by atoms with van der Waals surface area (Å²) in [5.74, 6) is 5.20. The minimum atomic E-state index is -0.235. The van der Waals surface area contributed by atoms with Crippen LogP contribution in [0, 0.1) is 23.2 Å². The first-order valence-corrected chi connectivity index (χ1v) is 7.07. The van der Waals surface area contributed by atoms with E-state index in [1.807, 2.05) is 17.5 Å². The number of thiophene rings is 1. The third-order valence-corrected chi connectivity index (χ3v) is 3.63. The number of amides is 1. The molecule has 0 unspecified atom stereocenters. The number of nitriles is 1. The number of carbonyl (C=O) groups is 1. The molecule has 2 aromatic rings. The van der Waals surface area contributed by atoms with Crippen molar-refractivity contribution in [3.05, 3.63) is 57.3 Å². The molecular formula is C16H12N2O2S. The quantitative estimate of drug-likeness (QED) is 0.850. The molecule has 2 N–H and O–H groups in total. The molecule has 0 atom stereocenters. The Hall–Kier alpha value is -2.60. The number of benzene rings is 1. The lowest BCUT2D eigenvalue weighted by Crippen LogP contribution is -2.22. The lowest BCUT2D eigenvalue weighted by atomic mass is 10.1. The molecule has 1 amide bonds. The van der Waals surface area contributed by atoms with Crippen molar-refractivity contribution < 1.29 is 9.90 Å². The molecule has 1 aromatic carbocycles. The summed E-state index contributed by atoms with van der Waals surface area (Å²) in [6, 6.07) is 10.4. The molecule has 0 bridgehead atoms. The number of aliphatic hydroxyl groups excluding tert-OH is 1. The Labute approximate surface area is 126 Å². The fourth-order valence-electron chi connectivity index (χ4n) is 1.72. The van der Waals surface area contributed by atoms with Gasteiger partial charge in [0.15, 0.2) is 0 Å². The van der Waals surface area contributed by atoms with E-state index in [0.29, 0.717) is 17.7 Å². The van der Waals surface area contributed by atoms with Gasteiger partial charge in [-0.15, -0.1) is 11.3 Å². The van der Waals surface area contributed by atoms with Gasteiger partial charge in [0.25, 0.3) is 5.91 Å². The summed E-state index contributed by atoms with van der Waals surface area (Å²) in [5, 5.41) is 22.2. The molecule has 5 heteroatoms. The molecule has 21 heavy (non-hydrogen) atoms. The highest BCUT2D eigenvalue weighted by Crippen LogP contribution is 2.15. The van der Waals surface area contributed by atoms with E-state index in [2.05, 4.69) is 17.2 Å².